The van der Waals surface area contributed by atoms with E-state index in [1.807, 2.05) is 12.1 Å². The third-order valence-corrected chi connectivity index (χ3v) is 5.98. The Morgan fingerprint density at radius 1 is 0.889 bits per heavy atom. The number of carboxylic acid groups (broad SMARTS) is 1. The fraction of sp³-hybridized carbons (Fsp3) is 0.536. The smallest absolute Gasteiger partial charge is 0.335 e. The zero-order chi connectivity index (χ0) is 26.9. The Balaban J connectivity index is 0.000000381. The van der Waals surface area contributed by atoms with Crippen LogP contribution < -0.4 is 18.9 Å². The van der Waals surface area contributed by atoms with Gasteiger partial charge in [-0.05, 0) is 69.1 Å². The first kappa shape index (κ1) is 31.1. The quantitative estimate of drug-likeness (QED) is 0.330. The van der Waals surface area contributed by atoms with E-state index in [0.717, 1.165) is 38.1 Å². The van der Waals surface area contributed by atoms with Crippen LogP contribution in [-0.2, 0) is 6.42 Å². The summed E-state index contributed by atoms with van der Waals surface area (Å²) in [7, 11) is 6.03. The lowest BCUT2D eigenvalue weighted by Gasteiger charge is -2.28. The first-order valence-electron chi connectivity index (χ1n) is 12.4. The maximum atomic E-state index is 10.8. The lowest BCUT2D eigenvalue weighted by Crippen LogP contribution is -2.35. The molecule has 0 bridgehead atoms. The first-order valence-corrected chi connectivity index (χ1v) is 12.4. The van der Waals surface area contributed by atoms with Gasteiger partial charge < -0.3 is 34.1 Å². The van der Waals surface area contributed by atoms with Crippen LogP contribution in [0.1, 0.15) is 55.5 Å². The predicted molar refractivity (Wildman–Crippen MR) is 142 cm³/mol. The monoisotopic (exact) mass is 505 g/mol. The van der Waals surface area contributed by atoms with Crippen molar-refractivity contribution < 1.29 is 34.0 Å². The van der Waals surface area contributed by atoms with Crippen LogP contribution in [0.3, 0.4) is 0 Å². The number of aliphatic hydroxyl groups is 1. The van der Waals surface area contributed by atoms with Crippen molar-refractivity contribution in [3.05, 3.63) is 47.5 Å². The van der Waals surface area contributed by atoms with Crippen molar-refractivity contribution in [2.45, 2.75) is 52.0 Å². The second kappa shape index (κ2) is 17.5. The van der Waals surface area contributed by atoms with Crippen LogP contribution in [0.2, 0.25) is 0 Å². The molecule has 1 unspecified atom stereocenters. The summed E-state index contributed by atoms with van der Waals surface area (Å²) < 4.78 is 20.3. The van der Waals surface area contributed by atoms with Crippen LogP contribution in [0.5, 0.6) is 23.0 Å². The molecule has 8 heteroatoms. The lowest BCUT2D eigenvalue weighted by molar-refractivity contribution is 0.0696. The van der Waals surface area contributed by atoms with Gasteiger partial charge in [0.05, 0.1) is 34.0 Å². The highest BCUT2D eigenvalue weighted by Gasteiger charge is 2.16. The SMILES string of the molecule is CCN(CCCCCCO)C(C)Cc1ccc(OC)cc1.COc1cc(C(=O)O)cc(OC)c1OC. The van der Waals surface area contributed by atoms with Gasteiger partial charge in [-0.3, -0.25) is 0 Å². The van der Waals surface area contributed by atoms with Crippen molar-refractivity contribution in [1.82, 2.24) is 4.90 Å². The number of likely N-dealkylation sites (N-methyl/N-ethyl adjacent to an activating group) is 1. The number of aliphatic hydroxyl groups excluding tert-OH is 1. The standard InChI is InChI=1S/C18H31NO2.C10H12O5/c1-4-19(13-7-5-6-8-14-20)16(2)15-17-9-11-18(21-3)12-10-17;1-13-7-4-6(10(11)12)5-8(14-2)9(7)15-3/h9-12,16,20H,4-8,13-15H2,1-3H3;4-5H,1-3H3,(H,11,12). The number of hydrogen-bond donors (Lipinski definition) is 2. The number of carbonyl (C=O) groups is 1. The molecule has 2 rings (SSSR count). The summed E-state index contributed by atoms with van der Waals surface area (Å²) in [6, 6.07) is 11.7. The molecule has 0 aliphatic heterocycles. The molecule has 0 amide bonds. The van der Waals surface area contributed by atoms with Crippen LogP contribution in [0.4, 0.5) is 0 Å². The highest BCUT2D eigenvalue weighted by atomic mass is 16.5. The zero-order valence-electron chi connectivity index (χ0n) is 22.6. The fourth-order valence-corrected chi connectivity index (χ4v) is 3.91. The number of carboxylic acids is 1. The number of rotatable bonds is 15. The maximum absolute atomic E-state index is 10.8. The second-order valence-electron chi connectivity index (χ2n) is 8.39. The van der Waals surface area contributed by atoms with E-state index < -0.39 is 5.97 Å². The van der Waals surface area contributed by atoms with Gasteiger partial charge in [-0.1, -0.05) is 31.9 Å². The van der Waals surface area contributed by atoms with E-state index in [1.54, 1.807) is 7.11 Å². The summed E-state index contributed by atoms with van der Waals surface area (Å²) >= 11 is 0. The third-order valence-electron chi connectivity index (χ3n) is 5.98. The molecule has 2 aromatic rings. The summed E-state index contributed by atoms with van der Waals surface area (Å²) in [5, 5.41) is 17.6. The van der Waals surface area contributed by atoms with E-state index in [4.69, 9.17) is 29.2 Å². The highest BCUT2D eigenvalue weighted by Crippen LogP contribution is 2.38. The number of methoxy groups -OCH3 is 4. The molecule has 0 aliphatic rings. The summed E-state index contributed by atoms with van der Waals surface area (Å²) in [6.45, 7) is 7.11. The van der Waals surface area contributed by atoms with Crippen molar-refractivity contribution in [3.63, 3.8) is 0 Å². The van der Waals surface area contributed by atoms with Crippen LogP contribution in [0, 0.1) is 0 Å². The molecule has 0 saturated heterocycles. The van der Waals surface area contributed by atoms with E-state index in [1.165, 1.54) is 51.9 Å². The number of benzene rings is 2. The summed E-state index contributed by atoms with van der Waals surface area (Å²) in [5.41, 5.74) is 1.45. The Kier molecular flexibility index (Phi) is 15.1. The molecule has 36 heavy (non-hydrogen) atoms. The van der Waals surface area contributed by atoms with Crippen molar-refractivity contribution in [2.24, 2.45) is 0 Å². The summed E-state index contributed by atoms with van der Waals surface area (Å²) in [6.07, 6.45) is 5.59. The van der Waals surface area contributed by atoms with Crippen molar-refractivity contribution in [3.8, 4) is 23.0 Å². The highest BCUT2D eigenvalue weighted by molar-refractivity contribution is 5.89. The van der Waals surface area contributed by atoms with Crippen molar-refractivity contribution in [2.75, 3.05) is 48.1 Å². The molecule has 0 aromatic heterocycles. The van der Waals surface area contributed by atoms with Gasteiger partial charge in [-0.15, -0.1) is 0 Å². The van der Waals surface area contributed by atoms with E-state index >= 15 is 0 Å². The van der Waals surface area contributed by atoms with Gasteiger partial charge in [0.2, 0.25) is 5.75 Å². The Hall–Kier alpha value is -2.97. The van der Waals surface area contributed by atoms with E-state index in [-0.39, 0.29) is 5.56 Å². The van der Waals surface area contributed by atoms with Crippen LogP contribution in [-0.4, -0.2) is 75.3 Å². The van der Waals surface area contributed by atoms with E-state index in [2.05, 4.69) is 30.9 Å². The molecular formula is C28H43NO7. The minimum Gasteiger partial charge on any atom is -0.497 e. The number of ether oxygens (including phenoxy) is 4. The number of nitrogens with zero attached hydrogens (tertiary/aromatic N) is 1. The Bertz CT molecular complexity index is 861. The predicted octanol–water partition coefficient (Wildman–Crippen LogP) is 4.91. The summed E-state index contributed by atoms with van der Waals surface area (Å²) in [4.78, 5) is 13.3. The van der Waals surface area contributed by atoms with Gasteiger partial charge in [0.1, 0.15) is 5.75 Å². The molecule has 0 saturated carbocycles. The van der Waals surface area contributed by atoms with Crippen LogP contribution in [0.15, 0.2) is 36.4 Å². The normalized spacial score (nSPS) is 11.3. The number of unbranched alkanes of at least 4 members (excludes halogenated alkanes) is 3. The van der Waals surface area contributed by atoms with Gasteiger partial charge in [0.25, 0.3) is 0 Å². The van der Waals surface area contributed by atoms with Crippen LogP contribution >= 0.6 is 0 Å². The average molecular weight is 506 g/mol. The molecule has 202 valence electrons. The second-order valence-corrected chi connectivity index (χ2v) is 8.39. The van der Waals surface area contributed by atoms with Crippen LogP contribution in [0.25, 0.3) is 0 Å². The Labute approximate surface area is 215 Å². The fourth-order valence-electron chi connectivity index (χ4n) is 3.91. The van der Waals surface area contributed by atoms with Crippen molar-refractivity contribution >= 4 is 5.97 Å². The van der Waals surface area contributed by atoms with Gasteiger partial charge >= 0.3 is 5.97 Å². The summed E-state index contributed by atoms with van der Waals surface area (Å²) in [5.74, 6) is 0.908. The molecule has 0 fully saturated rings. The molecule has 0 spiro atoms. The van der Waals surface area contributed by atoms with Gasteiger partial charge in [-0.25, -0.2) is 4.79 Å². The zero-order valence-corrected chi connectivity index (χ0v) is 22.6. The maximum Gasteiger partial charge on any atom is 0.335 e. The molecule has 1 atom stereocenters. The molecule has 8 nitrogen and oxygen atoms in total. The molecule has 0 heterocycles. The molecule has 0 radical (unpaired) electrons. The number of hydrogen-bond acceptors (Lipinski definition) is 7. The minimum absolute atomic E-state index is 0.0875. The van der Waals surface area contributed by atoms with Crippen molar-refractivity contribution in [1.29, 1.82) is 0 Å². The molecular weight excluding hydrogens is 462 g/mol. The Morgan fingerprint density at radius 2 is 1.47 bits per heavy atom. The Morgan fingerprint density at radius 3 is 1.92 bits per heavy atom. The molecule has 2 N–H and O–H groups in total. The van der Waals surface area contributed by atoms with Gasteiger partial charge in [-0.2, -0.15) is 0 Å². The molecule has 2 aromatic carbocycles. The van der Waals surface area contributed by atoms with Gasteiger partial charge in [0.15, 0.2) is 11.5 Å². The lowest BCUT2D eigenvalue weighted by atomic mass is 10.1. The van der Waals surface area contributed by atoms with E-state index in [0.29, 0.717) is 29.9 Å². The average Bonchev–Trinajstić information content (AvgIpc) is 2.90. The topological polar surface area (TPSA) is 97.7 Å². The number of aromatic carboxylic acids is 1. The first-order chi connectivity index (χ1) is 17.3. The van der Waals surface area contributed by atoms with E-state index in [9.17, 15) is 4.79 Å². The molecule has 0 aliphatic carbocycles. The minimum atomic E-state index is -1.05. The largest absolute Gasteiger partial charge is 0.497 e. The van der Waals surface area contributed by atoms with Gasteiger partial charge in [0, 0.05) is 12.6 Å². The third kappa shape index (κ3) is 10.3.